The summed E-state index contributed by atoms with van der Waals surface area (Å²) in [6.07, 6.45) is 2.13. The van der Waals surface area contributed by atoms with Crippen molar-refractivity contribution < 1.29 is 9.21 Å². The van der Waals surface area contributed by atoms with Crippen LogP contribution in [0.4, 0.5) is 5.69 Å². The van der Waals surface area contributed by atoms with Gasteiger partial charge in [-0.25, -0.2) is 0 Å². The minimum atomic E-state index is 0.170. The molecule has 5 rings (SSSR count). The van der Waals surface area contributed by atoms with Crippen molar-refractivity contribution in [2.45, 2.75) is 6.42 Å². The highest BCUT2D eigenvalue weighted by molar-refractivity contribution is 6.08. The van der Waals surface area contributed by atoms with Crippen LogP contribution < -0.4 is 4.90 Å². The van der Waals surface area contributed by atoms with Crippen molar-refractivity contribution in [3.8, 4) is 0 Å². The molecule has 3 aromatic carbocycles. The molecule has 4 aromatic rings. The summed E-state index contributed by atoms with van der Waals surface area (Å²) in [5.41, 5.74) is 3.04. The highest BCUT2D eigenvalue weighted by atomic mass is 16.3. The van der Waals surface area contributed by atoms with Crippen molar-refractivity contribution >= 4 is 33.3 Å². The Morgan fingerprint density at radius 2 is 1.61 bits per heavy atom. The Balaban J connectivity index is 1.33. The number of rotatable bonds is 3. The predicted octanol–water partition coefficient (Wildman–Crippen LogP) is 4.48. The lowest BCUT2D eigenvalue weighted by molar-refractivity contribution is -0.130. The number of benzene rings is 3. The van der Waals surface area contributed by atoms with Crippen molar-refractivity contribution in [1.29, 1.82) is 0 Å². The van der Waals surface area contributed by atoms with Gasteiger partial charge in [-0.15, -0.1) is 0 Å². The molecular formula is C24H22N2O2. The van der Waals surface area contributed by atoms with E-state index in [0.717, 1.165) is 48.1 Å². The Morgan fingerprint density at radius 3 is 2.43 bits per heavy atom. The van der Waals surface area contributed by atoms with E-state index in [-0.39, 0.29) is 5.91 Å². The number of carbonyl (C=O) groups is 1. The molecule has 0 bridgehead atoms. The molecule has 2 heterocycles. The molecule has 0 saturated carbocycles. The second kappa shape index (κ2) is 7.04. The average molecular weight is 370 g/mol. The lowest BCUT2D eigenvalue weighted by Crippen LogP contribution is -2.49. The highest BCUT2D eigenvalue weighted by Crippen LogP contribution is 2.30. The zero-order chi connectivity index (χ0) is 18.9. The van der Waals surface area contributed by atoms with Gasteiger partial charge in [-0.2, -0.15) is 0 Å². The van der Waals surface area contributed by atoms with Gasteiger partial charge in [0.05, 0.1) is 12.7 Å². The number of hydrogen-bond donors (Lipinski definition) is 0. The van der Waals surface area contributed by atoms with Crippen molar-refractivity contribution in [2.75, 3.05) is 31.1 Å². The van der Waals surface area contributed by atoms with Gasteiger partial charge in [0.15, 0.2) is 0 Å². The van der Waals surface area contributed by atoms with Crippen LogP contribution in [0.15, 0.2) is 77.4 Å². The molecule has 4 nitrogen and oxygen atoms in total. The fourth-order valence-electron chi connectivity index (χ4n) is 4.13. The molecule has 1 aliphatic heterocycles. The van der Waals surface area contributed by atoms with Crippen LogP contribution in [0.3, 0.4) is 0 Å². The van der Waals surface area contributed by atoms with Crippen molar-refractivity contribution in [3.63, 3.8) is 0 Å². The van der Waals surface area contributed by atoms with Crippen LogP contribution in [0.1, 0.15) is 5.56 Å². The summed E-state index contributed by atoms with van der Waals surface area (Å²) >= 11 is 0. The third kappa shape index (κ3) is 3.01. The molecule has 1 aliphatic rings. The maximum absolute atomic E-state index is 13.0. The molecule has 0 unspecified atom stereocenters. The van der Waals surface area contributed by atoms with Crippen LogP contribution in [0.25, 0.3) is 21.7 Å². The quantitative estimate of drug-likeness (QED) is 0.534. The van der Waals surface area contributed by atoms with Crippen LogP contribution in [0, 0.1) is 0 Å². The van der Waals surface area contributed by atoms with Crippen LogP contribution in [0.2, 0.25) is 0 Å². The first-order chi connectivity index (χ1) is 13.8. The maximum Gasteiger partial charge on any atom is 0.227 e. The SMILES string of the molecule is O=C(Cc1coc2ccc3ccccc3c12)N1CCN(c2ccccc2)CC1. The molecule has 1 saturated heterocycles. The summed E-state index contributed by atoms with van der Waals surface area (Å²) < 4.78 is 5.74. The lowest BCUT2D eigenvalue weighted by Gasteiger charge is -2.36. The highest BCUT2D eigenvalue weighted by Gasteiger charge is 2.22. The van der Waals surface area contributed by atoms with Gasteiger partial charge in [0.2, 0.25) is 5.91 Å². The number of furan rings is 1. The van der Waals surface area contributed by atoms with Gasteiger partial charge in [0, 0.05) is 42.8 Å². The van der Waals surface area contributed by atoms with E-state index in [9.17, 15) is 4.79 Å². The minimum Gasteiger partial charge on any atom is -0.464 e. The monoisotopic (exact) mass is 370 g/mol. The van der Waals surface area contributed by atoms with E-state index < -0.39 is 0 Å². The van der Waals surface area contributed by atoms with E-state index in [1.165, 1.54) is 11.1 Å². The van der Waals surface area contributed by atoms with Gasteiger partial charge in [0.25, 0.3) is 0 Å². The van der Waals surface area contributed by atoms with Crippen LogP contribution in [0.5, 0.6) is 0 Å². The number of amides is 1. The molecule has 0 radical (unpaired) electrons. The number of carbonyl (C=O) groups excluding carboxylic acids is 1. The number of piperazine rings is 1. The Morgan fingerprint density at radius 1 is 0.857 bits per heavy atom. The van der Waals surface area contributed by atoms with E-state index in [1.54, 1.807) is 6.26 Å². The number of nitrogens with zero attached hydrogens (tertiary/aromatic N) is 2. The maximum atomic E-state index is 13.0. The first kappa shape index (κ1) is 16.9. The molecule has 4 heteroatoms. The van der Waals surface area contributed by atoms with E-state index in [0.29, 0.717) is 6.42 Å². The van der Waals surface area contributed by atoms with E-state index in [4.69, 9.17) is 4.42 Å². The second-order valence-electron chi connectivity index (χ2n) is 7.30. The molecule has 1 amide bonds. The summed E-state index contributed by atoms with van der Waals surface area (Å²) in [4.78, 5) is 17.3. The second-order valence-corrected chi connectivity index (χ2v) is 7.30. The topological polar surface area (TPSA) is 36.7 Å². The molecule has 0 N–H and O–H groups in total. The minimum absolute atomic E-state index is 0.170. The number of anilines is 1. The summed E-state index contributed by atoms with van der Waals surface area (Å²) in [6.45, 7) is 3.24. The standard InChI is InChI=1S/C24H22N2O2/c27-23(26-14-12-25(13-15-26)20-7-2-1-3-8-20)16-19-17-28-22-11-10-18-6-4-5-9-21(18)24(19)22/h1-11,17H,12-16H2. The summed E-state index contributed by atoms with van der Waals surface area (Å²) in [5, 5.41) is 3.38. The lowest BCUT2D eigenvalue weighted by atomic mass is 10.0. The zero-order valence-corrected chi connectivity index (χ0v) is 15.7. The van der Waals surface area contributed by atoms with Gasteiger partial charge in [-0.05, 0) is 29.0 Å². The van der Waals surface area contributed by atoms with Gasteiger partial charge >= 0.3 is 0 Å². The van der Waals surface area contributed by atoms with Gasteiger partial charge < -0.3 is 14.2 Å². The third-order valence-corrected chi connectivity index (χ3v) is 5.64. The normalized spacial score (nSPS) is 14.7. The van der Waals surface area contributed by atoms with Crippen molar-refractivity contribution in [1.82, 2.24) is 4.90 Å². The van der Waals surface area contributed by atoms with Gasteiger partial charge in [-0.3, -0.25) is 4.79 Å². The van der Waals surface area contributed by atoms with Crippen molar-refractivity contribution in [2.24, 2.45) is 0 Å². The largest absolute Gasteiger partial charge is 0.464 e. The molecular weight excluding hydrogens is 348 g/mol. The average Bonchev–Trinajstić information content (AvgIpc) is 3.18. The van der Waals surface area contributed by atoms with E-state index in [1.807, 2.05) is 29.2 Å². The molecule has 28 heavy (non-hydrogen) atoms. The molecule has 1 aromatic heterocycles. The number of hydrogen-bond acceptors (Lipinski definition) is 3. The zero-order valence-electron chi connectivity index (χ0n) is 15.7. The molecule has 0 aliphatic carbocycles. The smallest absolute Gasteiger partial charge is 0.227 e. The van der Waals surface area contributed by atoms with Crippen LogP contribution in [-0.2, 0) is 11.2 Å². The first-order valence-corrected chi connectivity index (χ1v) is 9.75. The number of para-hydroxylation sites is 1. The van der Waals surface area contributed by atoms with Crippen molar-refractivity contribution in [3.05, 3.63) is 78.6 Å². The van der Waals surface area contributed by atoms with E-state index in [2.05, 4.69) is 47.4 Å². The van der Waals surface area contributed by atoms with Crippen LogP contribution >= 0.6 is 0 Å². The van der Waals surface area contributed by atoms with E-state index >= 15 is 0 Å². The fourth-order valence-corrected chi connectivity index (χ4v) is 4.13. The predicted molar refractivity (Wildman–Crippen MR) is 113 cm³/mol. The molecule has 0 atom stereocenters. The molecule has 140 valence electrons. The summed E-state index contributed by atoms with van der Waals surface area (Å²) in [7, 11) is 0. The van der Waals surface area contributed by atoms with Crippen LogP contribution in [-0.4, -0.2) is 37.0 Å². The van der Waals surface area contributed by atoms with Gasteiger partial charge in [-0.1, -0.05) is 48.5 Å². The van der Waals surface area contributed by atoms with Gasteiger partial charge in [0.1, 0.15) is 5.58 Å². The Labute approximate surface area is 164 Å². The summed E-state index contributed by atoms with van der Waals surface area (Å²) in [6, 6.07) is 22.7. The molecule has 0 spiro atoms. The third-order valence-electron chi connectivity index (χ3n) is 5.64. The Bertz CT molecular complexity index is 1130. The first-order valence-electron chi connectivity index (χ1n) is 9.75. The molecule has 1 fully saturated rings. The fraction of sp³-hybridized carbons (Fsp3) is 0.208. The number of fused-ring (bicyclic) bond motifs is 3. The Hall–Kier alpha value is -3.27. The summed E-state index contributed by atoms with van der Waals surface area (Å²) in [5.74, 6) is 0.170. The Kier molecular flexibility index (Phi) is 4.24.